The van der Waals surface area contributed by atoms with E-state index in [9.17, 15) is 9.59 Å². The quantitative estimate of drug-likeness (QED) is 0.275. The van der Waals surface area contributed by atoms with Gasteiger partial charge in [-0.2, -0.15) is 0 Å². The SMILES string of the molecule is NC(=O)C(=Cc1c[nH]c2nccc(NC(=O)Cc3ccc(-c4ccccc4)cc3)c12)c1ccccc1. The third-order valence-corrected chi connectivity index (χ3v) is 5.95. The standard InChI is InChI=1S/C30H24N4O2/c31-29(36)25(23-9-5-2-6-10-23)18-24-19-33-30-28(24)26(15-16-32-30)34-27(35)17-20-11-13-22(14-12-20)21-7-3-1-4-8-21/h1-16,18-19H,17H2,(H2,31,36)(H2,32,33,34,35). The highest BCUT2D eigenvalue weighted by molar-refractivity contribution is 6.24. The van der Waals surface area contributed by atoms with Gasteiger partial charge in [0.1, 0.15) is 5.65 Å². The first-order valence-electron chi connectivity index (χ1n) is 11.6. The predicted octanol–water partition coefficient (Wildman–Crippen LogP) is 5.44. The number of hydrogen-bond acceptors (Lipinski definition) is 3. The average Bonchev–Trinajstić information content (AvgIpc) is 3.32. The van der Waals surface area contributed by atoms with E-state index < -0.39 is 5.91 Å². The summed E-state index contributed by atoms with van der Waals surface area (Å²) < 4.78 is 0. The van der Waals surface area contributed by atoms with Crippen molar-refractivity contribution in [3.05, 3.63) is 120 Å². The van der Waals surface area contributed by atoms with E-state index in [1.807, 2.05) is 72.8 Å². The van der Waals surface area contributed by atoms with Crippen molar-refractivity contribution in [2.24, 2.45) is 5.73 Å². The van der Waals surface area contributed by atoms with Crippen molar-refractivity contribution >= 4 is 40.2 Å². The van der Waals surface area contributed by atoms with Gasteiger partial charge in [-0.15, -0.1) is 0 Å². The van der Waals surface area contributed by atoms with Gasteiger partial charge in [-0.25, -0.2) is 4.98 Å². The van der Waals surface area contributed by atoms with Gasteiger partial charge in [0.05, 0.1) is 12.1 Å². The summed E-state index contributed by atoms with van der Waals surface area (Å²) in [6.45, 7) is 0. The average molecular weight is 473 g/mol. The minimum atomic E-state index is -0.538. The Morgan fingerprint density at radius 1 is 0.861 bits per heavy atom. The fraction of sp³-hybridized carbons (Fsp3) is 0.0333. The largest absolute Gasteiger partial charge is 0.366 e. The number of benzene rings is 3. The van der Waals surface area contributed by atoms with Crippen LogP contribution in [0.4, 0.5) is 5.69 Å². The fourth-order valence-corrected chi connectivity index (χ4v) is 4.20. The Labute approximate surface area is 208 Å². The lowest BCUT2D eigenvalue weighted by Crippen LogP contribution is -2.15. The number of aromatic nitrogens is 2. The van der Waals surface area contributed by atoms with Gasteiger partial charge in [0.2, 0.25) is 11.8 Å². The number of amides is 2. The molecule has 0 aliphatic rings. The van der Waals surface area contributed by atoms with Crippen molar-refractivity contribution in [1.82, 2.24) is 9.97 Å². The molecule has 0 saturated heterocycles. The molecule has 0 saturated carbocycles. The number of fused-ring (bicyclic) bond motifs is 1. The molecular formula is C30H24N4O2. The van der Waals surface area contributed by atoms with Crippen LogP contribution in [0, 0.1) is 0 Å². The Morgan fingerprint density at radius 2 is 1.53 bits per heavy atom. The van der Waals surface area contributed by atoms with Crippen molar-refractivity contribution in [3.8, 4) is 11.1 Å². The molecule has 0 atom stereocenters. The topological polar surface area (TPSA) is 101 Å². The smallest absolute Gasteiger partial charge is 0.249 e. The third-order valence-electron chi connectivity index (χ3n) is 5.95. The minimum Gasteiger partial charge on any atom is -0.366 e. The molecular weight excluding hydrogens is 448 g/mol. The lowest BCUT2D eigenvalue weighted by atomic mass is 10.0. The first kappa shape index (κ1) is 22.8. The van der Waals surface area contributed by atoms with Gasteiger partial charge in [-0.3, -0.25) is 9.59 Å². The molecule has 6 nitrogen and oxygen atoms in total. The number of pyridine rings is 1. The summed E-state index contributed by atoms with van der Waals surface area (Å²) in [5.74, 6) is -0.687. The normalized spacial score (nSPS) is 11.4. The zero-order valence-corrected chi connectivity index (χ0v) is 19.4. The van der Waals surface area contributed by atoms with Gasteiger partial charge in [-0.05, 0) is 34.4 Å². The number of anilines is 1. The lowest BCUT2D eigenvalue weighted by molar-refractivity contribution is -0.115. The summed E-state index contributed by atoms with van der Waals surface area (Å²) >= 11 is 0. The van der Waals surface area contributed by atoms with Crippen LogP contribution in [0.1, 0.15) is 16.7 Å². The monoisotopic (exact) mass is 472 g/mol. The van der Waals surface area contributed by atoms with E-state index >= 15 is 0 Å². The molecule has 0 radical (unpaired) electrons. The zero-order valence-electron chi connectivity index (χ0n) is 19.4. The van der Waals surface area contributed by atoms with Crippen molar-refractivity contribution in [1.29, 1.82) is 0 Å². The second-order valence-corrected chi connectivity index (χ2v) is 8.40. The summed E-state index contributed by atoms with van der Waals surface area (Å²) in [6, 6.07) is 29.1. The molecule has 0 unspecified atom stereocenters. The Bertz CT molecular complexity index is 1550. The van der Waals surface area contributed by atoms with Crippen LogP contribution < -0.4 is 11.1 Å². The van der Waals surface area contributed by atoms with Crippen LogP contribution >= 0.6 is 0 Å². The number of carbonyl (C=O) groups is 2. The van der Waals surface area contributed by atoms with Gasteiger partial charge in [0, 0.05) is 28.9 Å². The van der Waals surface area contributed by atoms with Crippen LogP contribution in [-0.4, -0.2) is 21.8 Å². The number of nitrogens with zero attached hydrogens (tertiary/aromatic N) is 1. The Morgan fingerprint density at radius 3 is 2.22 bits per heavy atom. The maximum Gasteiger partial charge on any atom is 0.249 e. The first-order chi connectivity index (χ1) is 17.6. The Balaban J connectivity index is 1.39. The summed E-state index contributed by atoms with van der Waals surface area (Å²) in [5, 5.41) is 3.71. The summed E-state index contributed by atoms with van der Waals surface area (Å²) in [4.78, 5) is 32.6. The minimum absolute atomic E-state index is 0.149. The molecule has 2 amide bonds. The van der Waals surface area contributed by atoms with Crippen LogP contribution in [-0.2, 0) is 16.0 Å². The number of carbonyl (C=O) groups excluding carboxylic acids is 2. The van der Waals surface area contributed by atoms with Crippen LogP contribution in [0.15, 0.2) is 103 Å². The van der Waals surface area contributed by atoms with Gasteiger partial charge in [-0.1, -0.05) is 84.9 Å². The maximum atomic E-state index is 12.9. The zero-order chi connectivity index (χ0) is 24.9. The van der Waals surface area contributed by atoms with Crippen molar-refractivity contribution in [3.63, 3.8) is 0 Å². The van der Waals surface area contributed by atoms with Crippen molar-refractivity contribution in [2.45, 2.75) is 6.42 Å². The van der Waals surface area contributed by atoms with Crippen LogP contribution in [0.25, 0.3) is 33.8 Å². The van der Waals surface area contributed by atoms with Gasteiger partial charge >= 0.3 is 0 Å². The molecule has 5 aromatic rings. The van der Waals surface area contributed by atoms with Crippen LogP contribution in [0.2, 0.25) is 0 Å². The number of aromatic amines is 1. The predicted molar refractivity (Wildman–Crippen MR) is 144 cm³/mol. The molecule has 176 valence electrons. The molecule has 6 heteroatoms. The van der Waals surface area contributed by atoms with E-state index in [-0.39, 0.29) is 12.3 Å². The molecule has 36 heavy (non-hydrogen) atoms. The highest BCUT2D eigenvalue weighted by Gasteiger charge is 2.14. The lowest BCUT2D eigenvalue weighted by Gasteiger charge is -2.09. The highest BCUT2D eigenvalue weighted by atomic mass is 16.2. The molecule has 2 heterocycles. The number of rotatable bonds is 7. The molecule has 5 rings (SSSR count). The van der Waals surface area contributed by atoms with Gasteiger partial charge < -0.3 is 16.0 Å². The Hall–Kier alpha value is -4.97. The Kier molecular flexibility index (Phi) is 6.40. The molecule has 0 aliphatic carbocycles. The third kappa shape index (κ3) is 4.93. The first-order valence-corrected chi connectivity index (χ1v) is 11.6. The highest BCUT2D eigenvalue weighted by Crippen LogP contribution is 2.29. The summed E-state index contributed by atoms with van der Waals surface area (Å²) in [5.41, 5.74) is 11.8. The molecule has 3 aromatic carbocycles. The number of nitrogens with one attached hydrogen (secondary N) is 2. The van der Waals surface area contributed by atoms with E-state index in [4.69, 9.17) is 5.73 Å². The molecule has 0 aliphatic heterocycles. The second kappa shape index (κ2) is 10.1. The summed E-state index contributed by atoms with van der Waals surface area (Å²) in [6.07, 6.45) is 5.32. The number of H-pyrrole nitrogens is 1. The second-order valence-electron chi connectivity index (χ2n) is 8.40. The van der Waals surface area contributed by atoms with Crippen molar-refractivity contribution in [2.75, 3.05) is 5.32 Å². The number of nitrogens with two attached hydrogens (primary N) is 1. The molecule has 2 aromatic heterocycles. The van der Waals surface area contributed by atoms with Gasteiger partial charge in [0.25, 0.3) is 0 Å². The molecule has 0 fully saturated rings. The van der Waals surface area contributed by atoms with Crippen molar-refractivity contribution < 1.29 is 9.59 Å². The van der Waals surface area contributed by atoms with E-state index in [0.717, 1.165) is 16.7 Å². The van der Waals surface area contributed by atoms with Crippen LogP contribution in [0.3, 0.4) is 0 Å². The van der Waals surface area contributed by atoms with Gasteiger partial charge in [0.15, 0.2) is 0 Å². The van der Waals surface area contributed by atoms with E-state index in [1.54, 1.807) is 24.5 Å². The summed E-state index contributed by atoms with van der Waals surface area (Å²) in [7, 11) is 0. The molecule has 0 bridgehead atoms. The van der Waals surface area contributed by atoms with E-state index in [1.165, 1.54) is 0 Å². The number of hydrogen-bond donors (Lipinski definition) is 3. The fourth-order valence-electron chi connectivity index (χ4n) is 4.20. The van der Waals surface area contributed by atoms with Crippen LogP contribution in [0.5, 0.6) is 0 Å². The molecule has 4 N–H and O–H groups in total. The van der Waals surface area contributed by atoms with E-state index in [2.05, 4.69) is 27.4 Å². The molecule has 0 spiro atoms. The van der Waals surface area contributed by atoms with E-state index in [0.29, 0.717) is 33.4 Å². The maximum absolute atomic E-state index is 12.9. The number of primary amides is 1.